The monoisotopic (exact) mass is 284 g/mol. The normalized spacial score (nSPS) is 23.2. The molecule has 1 aromatic heterocycles. The molecule has 0 amide bonds. The molecule has 2 N–H and O–H groups in total. The van der Waals surface area contributed by atoms with Crippen LogP contribution in [0.2, 0.25) is 0 Å². The summed E-state index contributed by atoms with van der Waals surface area (Å²) in [5.74, 6) is 2.77. The Kier molecular flexibility index (Phi) is 5.67. The van der Waals surface area contributed by atoms with Gasteiger partial charge in [-0.25, -0.2) is 4.98 Å². The number of likely N-dealkylation sites (tertiary alicyclic amines) is 1. The van der Waals surface area contributed by atoms with Crippen LogP contribution in [0.25, 0.3) is 0 Å². The maximum atomic E-state index is 4.40. The van der Waals surface area contributed by atoms with E-state index in [-0.39, 0.29) is 12.4 Å². The van der Waals surface area contributed by atoms with Gasteiger partial charge in [0.15, 0.2) is 0 Å². The molecular formula is C14H25ClN4. The Labute approximate surface area is 121 Å². The Hall–Kier alpha value is -0.580. The van der Waals surface area contributed by atoms with E-state index in [1.807, 2.05) is 12.4 Å². The molecule has 0 unspecified atom stereocenters. The molecule has 0 spiro atoms. The van der Waals surface area contributed by atoms with Gasteiger partial charge in [0.25, 0.3) is 0 Å². The van der Waals surface area contributed by atoms with Gasteiger partial charge in [-0.05, 0) is 57.8 Å². The lowest BCUT2D eigenvalue weighted by Gasteiger charge is -2.34. The minimum atomic E-state index is 0. The molecule has 0 aromatic carbocycles. The summed E-state index contributed by atoms with van der Waals surface area (Å²) in [6.45, 7) is 6.23. The average molecular weight is 285 g/mol. The lowest BCUT2D eigenvalue weighted by molar-refractivity contribution is 0.165. The van der Waals surface area contributed by atoms with Gasteiger partial charge in [0.1, 0.15) is 5.82 Å². The number of aromatic nitrogens is 2. The molecule has 108 valence electrons. The van der Waals surface area contributed by atoms with E-state index in [0.717, 1.165) is 5.92 Å². The zero-order valence-corrected chi connectivity index (χ0v) is 12.3. The molecule has 3 rings (SSSR count). The highest BCUT2D eigenvalue weighted by Crippen LogP contribution is 2.26. The number of hydrogen-bond donors (Lipinski definition) is 2. The summed E-state index contributed by atoms with van der Waals surface area (Å²) in [6.07, 6.45) is 9.06. The fourth-order valence-electron chi connectivity index (χ4n) is 3.32. The zero-order chi connectivity index (χ0) is 12.2. The van der Waals surface area contributed by atoms with E-state index in [9.17, 15) is 0 Å². The van der Waals surface area contributed by atoms with E-state index in [1.165, 1.54) is 64.2 Å². The van der Waals surface area contributed by atoms with Crippen LogP contribution in [0.3, 0.4) is 0 Å². The molecule has 0 saturated carbocycles. The SMILES string of the molecule is Cl.c1c[nH]c(C2CCN(CC3CCNCC3)CC2)n1. The molecule has 4 nitrogen and oxygen atoms in total. The summed E-state index contributed by atoms with van der Waals surface area (Å²) in [5.41, 5.74) is 0. The van der Waals surface area contributed by atoms with Gasteiger partial charge in [-0.3, -0.25) is 0 Å². The van der Waals surface area contributed by atoms with Crippen molar-refractivity contribution >= 4 is 12.4 Å². The smallest absolute Gasteiger partial charge is 0.109 e. The lowest BCUT2D eigenvalue weighted by Crippen LogP contribution is -2.40. The van der Waals surface area contributed by atoms with Gasteiger partial charge in [-0.1, -0.05) is 0 Å². The third-order valence-electron chi connectivity index (χ3n) is 4.47. The molecular weight excluding hydrogens is 260 g/mol. The predicted molar refractivity (Wildman–Crippen MR) is 79.8 cm³/mol. The van der Waals surface area contributed by atoms with E-state index in [1.54, 1.807) is 0 Å². The first-order valence-electron chi connectivity index (χ1n) is 7.34. The zero-order valence-electron chi connectivity index (χ0n) is 11.5. The van der Waals surface area contributed by atoms with Gasteiger partial charge >= 0.3 is 0 Å². The van der Waals surface area contributed by atoms with Crippen molar-refractivity contribution in [1.29, 1.82) is 0 Å². The Balaban J connectivity index is 0.00000133. The highest BCUT2D eigenvalue weighted by molar-refractivity contribution is 5.85. The quantitative estimate of drug-likeness (QED) is 0.892. The van der Waals surface area contributed by atoms with E-state index in [2.05, 4.69) is 20.2 Å². The van der Waals surface area contributed by atoms with E-state index >= 15 is 0 Å². The average Bonchev–Trinajstić information content (AvgIpc) is 2.95. The third kappa shape index (κ3) is 3.94. The molecule has 1 aromatic rings. The summed E-state index contributed by atoms with van der Waals surface area (Å²) >= 11 is 0. The number of hydrogen-bond acceptors (Lipinski definition) is 3. The molecule has 5 heteroatoms. The molecule has 0 bridgehead atoms. The number of piperidine rings is 2. The molecule has 2 fully saturated rings. The maximum absolute atomic E-state index is 4.40. The van der Waals surface area contributed by atoms with Crippen LogP contribution in [-0.2, 0) is 0 Å². The van der Waals surface area contributed by atoms with Crippen molar-refractivity contribution in [1.82, 2.24) is 20.2 Å². The Morgan fingerprint density at radius 1 is 1.16 bits per heavy atom. The van der Waals surface area contributed by atoms with E-state index in [4.69, 9.17) is 0 Å². The van der Waals surface area contributed by atoms with Crippen molar-refractivity contribution in [3.8, 4) is 0 Å². The first kappa shape index (κ1) is 14.8. The highest BCUT2D eigenvalue weighted by atomic mass is 35.5. The minimum absolute atomic E-state index is 0. The maximum Gasteiger partial charge on any atom is 0.109 e. The van der Waals surface area contributed by atoms with Crippen LogP contribution in [-0.4, -0.2) is 47.6 Å². The molecule has 2 aliphatic rings. The topological polar surface area (TPSA) is 44.0 Å². The summed E-state index contributed by atoms with van der Waals surface area (Å²) in [4.78, 5) is 10.3. The second kappa shape index (κ2) is 7.27. The summed E-state index contributed by atoms with van der Waals surface area (Å²) in [7, 11) is 0. The van der Waals surface area contributed by atoms with Crippen molar-refractivity contribution in [2.75, 3.05) is 32.7 Å². The molecule has 0 radical (unpaired) electrons. The molecule has 2 aliphatic heterocycles. The van der Waals surface area contributed by atoms with Crippen LogP contribution < -0.4 is 5.32 Å². The summed E-state index contributed by atoms with van der Waals surface area (Å²) in [6, 6.07) is 0. The van der Waals surface area contributed by atoms with Gasteiger partial charge in [-0.2, -0.15) is 0 Å². The van der Waals surface area contributed by atoms with Crippen molar-refractivity contribution in [3.05, 3.63) is 18.2 Å². The van der Waals surface area contributed by atoms with Crippen molar-refractivity contribution in [2.45, 2.75) is 31.6 Å². The fourth-order valence-corrected chi connectivity index (χ4v) is 3.32. The van der Waals surface area contributed by atoms with Crippen LogP contribution in [0.15, 0.2) is 12.4 Å². The molecule has 3 heterocycles. The van der Waals surface area contributed by atoms with E-state index < -0.39 is 0 Å². The number of H-pyrrole nitrogens is 1. The summed E-state index contributed by atoms with van der Waals surface area (Å²) in [5, 5.41) is 3.45. The first-order valence-corrected chi connectivity index (χ1v) is 7.34. The number of halogens is 1. The van der Waals surface area contributed by atoms with Gasteiger partial charge in [0.2, 0.25) is 0 Å². The van der Waals surface area contributed by atoms with Crippen LogP contribution >= 0.6 is 12.4 Å². The van der Waals surface area contributed by atoms with Gasteiger partial charge in [0.05, 0.1) is 0 Å². The largest absolute Gasteiger partial charge is 0.348 e. The second-order valence-electron chi connectivity index (χ2n) is 5.74. The lowest BCUT2D eigenvalue weighted by atomic mass is 9.93. The Morgan fingerprint density at radius 3 is 2.53 bits per heavy atom. The third-order valence-corrected chi connectivity index (χ3v) is 4.47. The molecule has 0 atom stereocenters. The number of imidazole rings is 1. The van der Waals surface area contributed by atoms with Gasteiger partial charge in [0, 0.05) is 24.9 Å². The number of nitrogens with zero attached hydrogens (tertiary/aromatic N) is 2. The highest BCUT2D eigenvalue weighted by Gasteiger charge is 2.24. The number of nitrogens with one attached hydrogen (secondary N) is 2. The van der Waals surface area contributed by atoms with E-state index in [0.29, 0.717) is 5.92 Å². The standard InChI is InChI=1S/C14H24N4.ClH/c1-5-15-6-2-12(1)11-18-9-3-13(4-10-18)14-16-7-8-17-14;/h7-8,12-13,15H,1-6,9-11H2,(H,16,17);1H. The predicted octanol–water partition coefficient (Wildman–Crippen LogP) is 2.01. The number of rotatable bonds is 3. The Bertz CT molecular complexity index is 340. The van der Waals surface area contributed by atoms with Crippen molar-refractivity contribution < 1.29 is 0 Å². The van der Waals surface area contributed by atoms with Crippen molar-refractivity contribution in [2.24, 2.45) is 5.92 Å². The summed E-state index contributed by atoms with van der Waals surface area (Å²) < 4.78 is 0. The minimum Gasteiger partial charge on any atom is -0.348 e. The molecule has 0 aliphatic carbocycles. The molecule has 2 saturated heterocycles. The molecule has 19 heavy (non-hydrogen) atoms. The fraction of sp³-hybridized carbons (Fsp3) is 0.786. The van der Waals surface area contributed by atoms with Gasteiger partial charge < -0.3 is 15.2 Å². The van der Waals surface area contributed by atoms with Crippen LogP contribution in [0, 0.1) is 5.92 Å². The van der Waals surface area contributed by atoms with Gasteiger partial charge in [-0.15, -0.1) is 12.4 Å². The first-order chi connectivity index (χ1) is 8.92. The second-order valence-corrected chi connectivity index (χ2v) is 5.74. The number of aromatic amines is 1. The van der Waals surface area contributed by atoms with Crippen molar-refractivity contribution in [3.63, 3.8) is 0 Å². The van der Waals surface area contributed by atoms with Crippen LogP contribution in [0.5, 0.6) is 0 Å². The van der Waals surface area contributed by atoms with Crippen LogP contribution in [0.1, 0.15) is 37.4 Å². The van der Waals surface area contributed by atoms with Crippen LogP contribution in [0.4, 0.5) is 0 Å². The Morgan fingerprint density at radius 2 is 1.89 bits per heavy atom.